The Labute approximate surface area is 149 Å². The zero-order chi connectivity index (χ0) is 16.9. The van der Waals surface area contributed by atoms with Gasteiger partial charge in [0, 0.05) is 5.02 Å². The van der Waals surface area contributed by atoms with E-state index in [1.54, 1.807) is 12.1 Å². The maximum atomic E-state index is 12.5. The Hall–Kier alpha value is -2.43. The lowest BCUT2D eigenvalue weighted by atomic mass is 9.98. The first-order valence-corrected chi connectivity index (χ1v) is 7.98. The second kappa shape index (κ2) is 7.43. The summed E-state index contributed by atoms with van der Waals surface area (Å²) in [6, 6.07) is 16.7. The monoisotopic (exact) mass is 357 g/mol. The summed E-state index contributed by atoms with van der Waals surface area (Å²) in [5, 5.41) is 3.86. The van der Waals surface area contributed by atoms with Crippen molar-refractivity contribution in [2.75, 3.05) is 0 Å². The highest BCUT2D eigenvalue weighted by Crippen LogP contribution is 2.24. The van der Waals surface area contributed by atoms with Gasteiger partial charge in [-0.1, -0.05) is 65.7 Å². The Morgan fingerprint density at radius 2 is 1.54 bits per heavy atom. The summed E-state index contributed by atoms with van der Waals surface area (Å²) in [6.07, 6.45) is 2.69. The first-order valence-electron chi connectivity index (χ1n) is 7.22. The van der Waals surface area contributed by atoms with Crippen LogP contribution in [0, 0.1) is 0 Å². The fraction of sp³-hybridized carbons (Fsp3) is 0.0556. The van der Waals surface area contributed by atoms with Crippen LogP contribution < -0.4 is 5.32 Å². The number of amides is 1. The molecule has 4 nitrogen and oxygen atoms in total. The third-order valence-electron chi connectivity index (χ3n) is 3.46. The summed E-state index contributed by atoms with van der Waals surface area (Å²) in [6.45, 7) is 0. The van der Waals surface area contributed by atoms with Gasteiger partial charge >= 0.3 is 0 Å². The van der Waals surface area contributed by atoms with Gasteiger partial charge in [-0.25, -0.2) is 9.97 Å². The Balaban J connectivity index is 1.91. The molecule has 1 aromatic heterocycles. The van der Waals surface area contributed by atoms with Gasteiger partial charge in [0.1, 0.15) is 10.8 Å². The molecule has 2 aromatic carbocycles. The molecule has 0 fully saturated rings. The predicted molar refractivity (Wildman–Crippen MR) is 94.2 cm³/mol. The third-order valence-corrected chi connectivity index (χ3v) is 3.91. The van der Waals surface area contributed by atoms with Crippen LogP contribution in [-0.2, 0) is 0 Å². The molecule has 0 radical (unpaired) electrons. The van der Waals surface area contributed by atoms with Crippen LogP contribution in [0.2, 0.25) is 10.2 Å². The molecule has 3 rings (SSSR count). The number of carbonyl (C=O) groups excluding carboxylic acids is 1. The van der Waals surface area contributed by atoms with E-state index in [-0.39, 0.29) is 22.8 Å². The number of benzene rings is 2. The van der Waals surface area contributed by atoms with Crippen LogP contribution in [0.1, 0.15) is 27.7 Å². The van der Waals surface area contributed by atoms with Gasteiger partial charge < -0.3 is 5.32 Å². The van der Waals surface area contributed by atoms with E-state index in [9.17, 15) is 4.79 Å². The van der Waals surface area contributed by atoms with Gasteiger partial charge in [0.25, 0.3) is 5.91 Å². The fourth-order valence-electron chi connectivity index (χ4n) is 2.29. The molecule has 1 atom stereocenters. The minimum absolute atomic E-state index is 0.203. The summed E-state index contributed by atoms with van der Waals surface area (Å²) in [7, 11) is 0. The fourth-order valence-corrected chi connectivity index (χ4v) is 2.52. The molecular formula is C18H13Cl2N3O. The maximum absolute atomic E-state index is 12.5. The van der Waals surface area contributed by atoms with Crippen molar-refractivity contribution in [2.45, 2.75) is 6.04 Å². The normalized spacial score (nSPS) is 11.8. The number of hydrogen-bond donors (Lipinski definition) is 1. The molecule has 0 aliphatic heterocycles. The Kier molecular flexibility index (Phi) is 5.08. The maximum Gasteiger partial charge on any atom is 0.272 e. The van der Waals surface area contributed by atoms with E-state index in [0.717, 1.165) is 11.1 Å². The van der Waals surface area contributed by atoms with E-state index in [1.165, 1.54) is 12.4 Å². The van der Waals surface area contributed by atoms with Gasteiger partial charge in [-0.2, -0.15) is 0 Å². The Morgan fingerprint density at radius 3 is 2.17 bits per heavy atom. The lowest BCUT2D eigenvalue weighted by Gasteiger charge is -2.19. The highest BCUT2D eigenvalue weighted by Gasteiger charge is 2.18. The first-order chi connectivity index (χ1) is 11.6. The highest BCUT2D eigenvalue weighted by atomic mass is 35.5. The molecule has 1 heterocycles. The van der Waals surface area contributed by atoms with Crippen molar-refractivity contribution in [2.24, 2.45) is 0 Å². The van der Waals surface area contributed by atoms with Crippen LogP contribution in [0.3, 0.4) is 0 Å². The molecule has 0 saturated carbocycles. The average molecular weight is 358 g/mol. The molecule has 0 spiro atoms. The van der Waals surface area contributed by atoms with E-state index in [4.69, 9.17) is 23.2 Å². The Bertz CT molecular complexity index is 821. The molecule has 0 aliphatic rings. The topological polar surface area (TPSA) is 54.9 Å². The van der Waals surface area contributed by atoms with Gasteiger partial charge in [-0.05, 0) is 23.3 Å². The Morgan fingerprint density at radius 1 is 0.875 bits per heavy atom. The van der Waals surface area contributed by atoms with Crippen LogP contribution in [-0.4, -0.2) is 15.9 Å². The van der Waals surface area contributed by atoms with Crippen LogP contribution in [0.5, 0.6) is 0 Å². The van der Waals surface area contributed by atoms with Crippen LogP contribution in [0.4, 0.5) is 0 Å². The molecule has 3 aromatic rings. The molecule has 0 aliphatic carbocycles. The van der Waals surface area contributed by atoms with E-state index in [0.29, 0.717) is 5.02 Å². The summed E-state index contributed by atoms with van der Waals surface area (Å²) in [5.41, 5.74) is 2.07. The number of nitrogens with zero attached hydrogens (tertiary/aromatic N) is 2. The first kappa shape index (κ1) is 16.4. The molecule has 1 amide bonds. The zero-order valence-corrected chi connectivity index (χ0v) is 14.0. The minimum Gasteiger partial charge on any atom is -0.340 e. The molecule has 0 bridgehead atoms. The van der Waals surface area contributed by atoms with Gasteiger partial charge in [0.2, 0.25) is 0 Å². The van der Waals surface area contributed by atoms with Crippen molar-refractivity contribution < 1.29 is 4.79 Å². The van der Waals surface area contributed by atoms with Crippen molar-refractivity contribution in [3.8, 4) is 0 Å². The van der Waals surface area contributed by atoms with E-state index < -0.39 is 0 Å². The summed E-state index contributed by atoms with van der Waals surface area (Å²) in [4.78, 5) is 20.4. The average Bonchev–Trinajstić information content (AvgIpc) is 2.62. The molecule has 24 heavy (non-hydrogen) atoms. The second-order valence-corrected chi connectivity index (χ2v) is 5.92. The molecule has 1 N–H and O–H groups in total. The van der Waals surface area contributed by atoms with Crippen molar-refractivity contribution in [1.29, 1.82) is 0 Å². The van der Waals surface area contributed by atoms with Crippen molar-refractivity contribution >= 4 is 29.1 Å². The quantitative estimate of drug-likeness (QED) is 0.757. The third kappa shape index (κ3) is 3.91. The standard InChI is InChI=1S/C18H13Cl2N3O/c19-14-8-6-13(7-9-14)17(12-4-2-1-3-5-12)23-18(24)15-10-22-16(20)11-21-15/h1-11,17H,(H,23,24). The number of hydrogen-bond acceptors (Lipinski definition) is 3. The molecule has 0 saturated heterocycles. The van der Waals surface area contributed by atoms with Gasteiger partial charge in [0.05, 0.1) is 18.4 Å². The van der Waals surface area contributed by atoms with E-state index in [1.807, 2.05) is 42.5 Å². The summed E-state index contributed by atoms with van der Waals surface area (Å²) in [5.74, 6) is -0.331. The van der Waals surface area contributed by atoms with E-state index >= 15 is 0 Å². The van der Waals surface area contributed by atoms with Gasteiger partial charge in [-0.15, -0.1) is 0 Å². The lowest BCUT2D eigenvalue weighted by Crippen LogP contribution is -2.30. The van der Waals surface area contributed by atoms with Crippen LogP contribution in [0.15, 0.2) is 67.0 Å². The highest BCUT2D eigenvalue weighted by molar-refractivity contribution is 6.30. The molecule has 6 heteroatoms. The SMILES string of the molecule is O=C(NC(c1ccccc1)c1ccc(Cl)cc1)c1cnc(Cl)cn1. The lowest BCUT2D eigenvalue weighted by molar-refractivity contribution is 0.0937. The predicted octanol–water partition coefficient (Wildman–Crippen LogP) is 4.30. The van der Waals surface area contributed by atoms with Crippen molar-refractivity contribution in [3.63, 3.8) is 0 Å². The van der Waals surface area contributed by atoms with E-state index in [2.05, 4.69) is 15.3 Å². The number of carbonyl (C=O) groups is 1. The van der Waals surface area contributed by atoms with Gasteiger partial charge in [-0.3, -0.25) is 4.79 Å². The van der Waals surface area contributed by atoms with Crippen molar-refractivity contribution in [1.82, 2.24) is 15.3 Å². The minimum atomic E-state index is -0.331. The molecule has 1 unspecified atom stereocenters. The largest absolute Gasteiger partial charge is 0.340 e. The zero-order valence-electron chi connectivity index (χ0n) is 12.5. The number of rotatable bonds is 4. The van der Waals surface area contributed by atoms with Crippen LogP contribution >= 0.6 is 23.2 Å². The summed E-state index contributed by atoms with van der Waals surface area (Å²) >= 11 is 11.7. The second-order valence-electron chi connectivity index (χ2n) is 5.09. The smallest absolute Gasteiger partial charge is 0.272 e. The number of aromatic nitrogens is 2. The molecule has 120 valence electrons. The summed E-state index contributed by atoms with van der Waals surface area (Å²) < 4.78 is 0. The van der Waals surface area contributed by atoms with Crippen LogP contribution in [0.25, 0.3) is 0 Å². The molecular weight excluding hydrogens is 345 g/mol. The van der Waals surface area contributed by atoms with Crippen molar-refractivity contribution in [3.05, 3.63) is 94.0 Å². The number of nitrogens with one attached hydrogen (secondary N) is 1. The van der Waals surface area contributed by atoms with Gasteiger partial charge in [0.15, 0.2) is 0 Å². The number of halogens is 2.